The average Bonchev–Trinajstić information content (AvgIpc) is 3.24. The van der Waals surface area contributed by atoms with Crippen molar-refractivity contribution in [1.82, 2.24) is 9.80 Å². The van der Waals surface area contributed by atoms with Crippen LogP contribution in [0.3, 0.4) is 0 Å². The quantitative estimate of drug-likeness (QED) is 0.827. The number of likely N-dealkylation sites (tertiary alicyclic amines) is 2. The van der Waals surface area contributed by atoms with E-state index in [-0.39, 0.29) is 11.6 Å². The Morgan fingerprint density at radius 3 is 2.46 bits per heavy atom. The van der Waals surface area contributed by atoms with Crippen LogP contribution < -0.4 is 4.74 Å². The van der Waals surface area contributed by atoms with Crippen molar-refractivity contribution in [3.05, 3.63) is 28.8 Å². The fourth-order valence-corrected chi connectivity index (χ4v) is 5.37. The summed E-state index contributed by atoms with van der Waals surface area (Å²) in [4.78, 5) is 17.9. The Labute approximate surface area is 157 Å². The van der Waals surface area contributed by atoms with E-state index in [0.29, 0.717) is 5.91 Å². The first kappa shape index (κ1) is 17.8. The average molecular weight is 357 g/mol. The van der Waals surface area contributed by atoms with Gasteiger partial charge in [0.25, 0.3) is 0 Å². The zero-order chi connectivity index (χ0) is 18.3. The van der Waals surface area contributed by atoms with E-state index in [1.165, 1.54) is 36.0 Å². The van der Waals surface area contributed by atoms with Crippen LogP contribution in [0.15, 0.2) is 12.1 Å². The molecule has 4 heteroatoms. The molecule has 0 saturated carbocycles. The van der Waals surface area contributed by atoms with Gasteiger partial charge in [0.1, 0.15) is 11.3 Å². The van der Waals surface area contributed by atoms with Gasteiger partial charge in [0.15, 0.2) is 0 Å². The number of methoxy groups -OCH3 is 1. The first-order valence-electron chi connectivity index (χ1n) is 10.3. The Morgan fingerprint density at radius 2 is 1.77 bits per heavy atom. The molecule has 4 nitrogen and oxygen atoms in total. The Balaban J connectivity index is 1.63. The molecule has 2 heterocycles. The van der Waals surface area contributed by atoms with Crippen LogP contribution in [0.2, 0.25) is 0 Å². The van der Waals surface area contributed by atoms with Gasteiger partial charge in [-0.1, -0.05) is 6.07 Å². The molecular formula is C22H32N2O2. The second kappa shape index (κ2) is 6.88. The van der Waals surface area contributed by atoms with Crippen molar-refractivity contribution < 1.29 is 9.53 Å². The molecule has 2 saturated heterocycles. The molecule has 0 N–H and O–H groups in total. The van der Waals surface area contributed by atoms with Crippen molar-refractivity contribution >= 4 is 5.91 Å². The number of nitrogens with zero attached hydrogens (tertiary/aromatic N) is 2. The molecule has 1 aromatic rings. The Morgan fingerprint density at radius 1 is 1.08 bits per heavy atom. The minimum atomic E-state index is -0.285. The van der Waals surface area contributed by atoms with Crippen molar-refractivity contribution in [2.75, 3.05) is 20.2 Å². The molecule has 0 bridgehead atoms. The van der Waals surface area contributed by atoms with Crippen molar-refractivity contribution in [3.8, 4) is 5.75 Å². The summed E-state index contributed by atoms with van der Waals surface area (Å²) in [6.07, 6.45) is 7.83. The Kier molecular flexibility index (Phi) is 4.72. The second-order valence-electron chi connectivity index (χ2n) is 8.54. The summed E-state index contributed by atoms with van der Waals surface area (Å²) in [5.74, 6) is 1.35. The van der Waals surface area contributed by atoms with Crippen molar-refractivity contribution in [2.45, 2.75) is 76.9 Å². The molecule has 4 rings (SSSR count). The van der Waals surface area contributed by atoms with Crippen molar-refractivity contribution in [2.24, 2.45) is 0 Å². The minimum absolute atomic E-state index is 0.285. The fourth-order valence-electron chi connectivity index (χ4n) is 5.37. The lowest BCUT2D eigenvalue weighted by Crippen LogP contribution is -2.61. The molecule has 0 radical (unpaired) electrons. The van der Waals surface area contributed by atoms with Gasteiger partial charge in [0, 0.05) is 24.7 Å². The highest BCUT2D eigenvalue weighted by Gasteiger charge is 2.51. The number of fused-ring (bicyclic) bond motifs is 1. The zero-order valence-corrected chi connectivity index (χ0v) is 16.5. The number of benzene rings is 1. The molecular weight excluding hydrogens is 324 g/mol. The topological polar surface area (TPSA) is 32.8 Å². The molecule has 1 aliphatic carbocycles. The third-order valence-corrected chi connectivity index (χ3v) is 6.75. The summed E-state index contributed by atoms with van der Waals surface area (Å²) in [6.45, 7) is 7.03. The molecule has 142 valence electrons. The molecule has 26 heavy (non-hydrogen) atoms. The number of carbonyl (C=O) groups excluding carboxylic acids is 1. The van der Waals surface area contributed by atoms with E-state index in [9.17, 15) is 4.79 Å². The molecule has 1 unspecified atom stereocenters. The molecule has 1 amide bonds. The van der Waals surface area contributed by atoms with Crippen LogP contribution in [0.5, 0.6) is 5.75 Å². The maximum absolute atomic E-state index is 13.4. The number of carbonyl (C=O) groups is 1. The Bertz CT molecular complexity index is 700. The van der Waals surface area contributed by atoms with E-state index in [4.69, 9.17) is 4.74 Å². The molecule has 0 aromatic heterocycles. The van der Waals surface area contributed by atoms with Crippen LogP contribution in [0.1, 0.15) is 62.6 Å². The molecule has 1 aromatic carbocycles. The van der Waals surface area contributed by atoms with Gasteiger partial charge in [-0.3, -0.25) is 9.69 Å². The minimum Gasteiger partial charge on any atom is -0.496 e. The highest BCUT2D eigenvalue weighted by molar-refractivity contribution is 5.87. The van der Waals surface area contributed by atoms with Crippen molar-refractivity contribution in [1.29, 1.82) is 0 Å². The van der Waals surface area contributed by atoms with Gasteiger partial charge in [-0.25, -0.2) is 0 Å². The van der Waals surface area contributed by atoms with E-state index >= 15 is 0 Å². The SMILES string of the molecule is COc1cc2c(cc1CN1CCCC13CCCN(C(C)C)C3=O)CCC2. The normalized spacial score (nSPS) is 26.2. The third kappa shape index (κ3) is 2.83. The summed E-state index contributed by atoms with van der Waals surface area (Å²) in [7, 11) is 1.77. The number of rotatable bonds is 4. The second-order valence-corrected chi connectivity index (χ2v) is 8.54. The van der Waals surface area contributed by atoms with Crippen LogP contribution in [-0.2, 0) is 24.2 Å². The summed E-state index contributed by atoms with van der Waals surface area (Å²) in [5.41, 5.74) is 3.89. The van der Waals surface area contributed by atoms with Crippen LogP contribution in [-0.4, -0.2) is 47.5 Å². The maximum Gasteiger partial charge on any atom is 0.243 e. The highest BCUT2D eigenvalue weighted by atomic mass is 16.5. The summed E-state index contributed by atoms with van der Waals surface area (Å²) < 4.78 is 5.72. The van der Waals surface area contributed by atoms with Crippen molar-refractivity contribution in [3.63, 3.8) is 0 Å². The van der Waals surface area contributed by atoms with Gasteiger partial charge in [0.05, 0.1) is 7.11 Å². The van der Waals surface area contributed by atoms with Gasteiger partial charge >= 0.3 is 0 Å². The molecule has 1 spiro atoms. The van der Waals surface area contributed by atoms with Gasteiger partial charge in [-0.15, -0.1) is 0 Å². The van der Waals surface area contributed by atoms with Gasteiger partial charge in [0.2, 0.25) is 5.91 Å². The standard InChI is InChI=1S/C22H32N2O2/c1-16(2)24-12-6-10-22(21(24)25)9-5-11-23(22)15-19-13-17-7-4-8-18(17)14-20(19)26-3/h13-14,16H,4-12,15H2,1-3H3. The first-order chi connectivity index (χ1) is 12.5. The summed E-state index contributed by atoms with van der Waals surface area (Å²) >= 11 is 0. The third-order valence-electron chi connectivity index (χ3n) is 6.75. The summed E-state index contributed by atoms with van der Waals surface area (Å²) in [6, 6.07) is 4.88. The van der Waals surface area contributed by atoms with Gasteiger partial charge in [-0.05, 0) is 82.5 Å². The van der Waals surface area contributed by atoms with Gasteiger partial charge in [-0.2, -0.15) is 0 Å². The van der Waals surface area contributed by atoms with E-state index < -0.39 is 0 Å². The number of hydrogen-bond donors (Lipinski definition) is 0. The molecule has 2 aliphatic heterocycles. The maximum atomic E-state index is 13.4. The number of ether oxygens (including phenoxy) is 1. The van der Waals surface area contributed by atoms with E-state index in [1.807, 2.05) is 0 Å². The van der Waals surface area contributed by atoms with Gasteiger partial charge < -0.3 is 9.64 Å². The fraction of sp³-hybridized carbons (Fsp3) is 0.682. The lowest BCUT2D eigenvalue weighted by molar-refractivity contribution is -0.149. The predicted molar refractivity (Wildman–Crippen MR) is 103 cm³/mol. The van der Waals surface area contributed by atoms with E-state index in [1.54, 1.807) is 7.11 Å². The first-order valence-corrected chi connectivity index (χ1v) is 10.3. The molecule has 3 aliphatic rings. The summed E-state index contributed by atoms with van der Waals surface area (Å²) in [5, 5.41) is 0. The van der Waals surface area contributed by atoms with Crippen LogP contribution >= 0.6 is 0 Å². The predicted octanol–water partition coefficient (Wildman–Crippen LogP) is 3.55. The number of hydrogen-bond acceptors (Lipinski definition) is 3. The van der Waals surface area contributed by atoms with E-state index in [0.717, 1.165) is 51.1 Å². The lowest BCUT2D eigenvalue weighted by atomic mass is 9.84. The van der Waals surface area contributed by atoms with E-state index in [2.05, 4.69) is 35.8 Å². The molecule has 1 atom stereocenters. The number of amides is 1. The molecule has 2 fully saturated rings. The monoisotopic (exact) mass is 356 g/mol. The zero-order valence-electron chi connectivity index (χ0n) is 16.5. The Hall–Kier alpha value is -1.55. The van der Waals surface area contributed by atoms with Crippen LogP contribution in [0, 0.1) is 0 Å². The number of aryl methyl sites for hydroxylation is 2. The van der Waals surface area contributed by atoms with Crippen LogP contribution in [0.4, 0.5) is 0 Å². The lowest BCUT2D eigenvalue weighted by Gasteiger charge is -2.46. The number of piperidine rings is 1. The highest BCUT2D eigenvalue weighted by Crippen LogP contribution is 2.41. The van der Waals surface area contributed by atoms with Crippen LogP contribution in [0.25, 0.3) is 0 Å². The largest absolute Gasteiger partial charge is 0.496 e. The smallest absolute Gasteiger partial charge is 0.243 e.